The van der Waals surface area contributed by atoms with Crippen molar-refractivity contribution in [3.63, 3.8) is 0 Å². The predicted molar refractivity (Wildman–Crippen MR) is 137 cm³/mol. The first kappa shape index (κ1) is 23.2. The van der Waals surface area contributed by atoms with Crippen LogP contribution in [-0.4, -0.2) is 33.0 Å². The summed E-state index contributed by atoms with van der Waals surface area (Å²) in [7, 11) is 0. The van der Waals surface area contributed by atoms with E-state index in [1.165, 1.54) is 9.58 Å². The number of unbranched alkanes of at least 4 members (excludes halogenated alkanes) is 1. The van der Waals surface area contributed by atoms with E-state index in [9.17, 15) is 14.4 Å². The molecule has 2 aromatic heterocycles. The highest BCUT2D eigenvalue weighted by molar-refractivity contribution is 6.45. The third kappa shape index (κ3) is 4.20. The molecule has 2 amide bonds. The number of hydrogen-bond donors (Lipinski definition) is 1. The van der Waals surface area contributed by atoms with Gasteiger partial charge in [0.25, 0.3) is 17.2 Å². The summed E-state index contributed by atoms with van der Waals surface area (Å²) in [5.74, 6) is -0.839. The predicted octanol–water partition coefficient (Wildman–Crippen LogP) is 3.72. The van der Waals surface area contributed by atoms with Crippen LogP contribution in [0, 0.1) is 0 Å². The van der Waals surface area contributed by atoms with Crippen LogP contribution in [0.15, 0.2) is 96.1 Å². The number of carbonyl (C=O) groups is 2. The molecular formula is C29H27N4O3+. The highest BCUT2D eigenvalue weighted by Gasteiger charge is 2.47. The summed E-state index contributed by atoms with van der Waals surface area (Å²) in [4.78, 5) is 42.5. The number of nitrogens with one attached hydrogen (secondary N) is 1. The number of aromatic amines is 1. The van der Waals surface area contributed by atoms with Gasteiger partial charge in [0.05, 0.1) is 17.8 Å². The number of aromatic nitrogens is 3. The monoisotopic (exact) mass is 479 g/mol. The SMILES string of the molecule is CCCCN1C(=O)C(c2c(-c3ccccc3)[nH]n(Cc3ccccc3)c2=O)=C([n+]2ccccc2)C1=O. The van der Waals surface area contributed by atoms with E-state index in [4.69, 9.17) is 0 Å². The van der Waals surface area contributed by atoms with Crippen molar-refractivity contribution in [3.8, 4) is 11.3 Å². The molecule has 0 atom stereocenters. The molecule has 0 spiro atoms. The first-order chi connectivity index (χ1) is 17.6. The van der Waals surface area contributed by atoms with Gasteiger partial charge in [-0.2, -0.15) is 4.57 Å². The van der Waals surface area contributed by atoms with Gasteiger partial charge in [0, 0.05) is 24.2 Å². The Morgan fingerprint density at radius 1 is 0.806 bits per heavy atom. The van der Waals surface area contributed by atoms with Crippen LogP contribution in [0.3, 0.4) is 0 Å². The number of imide groups is 1. The number of hydrogen-bond acceptors (Lipinski definition) is 3. The molecule has 36 heavy (non-hydrogen) atoms. The quantitative estimate of drug-likeness (QED) is 0.309. The normalized spacial score (nSPS) is 13.6. The lowest BCUT2D eigenvalue weighted by atomic mass is 10.0. The summed E-state index contributed by atoms with van der Waals surface area (Å²) in [6.45, 7) is 2.62. The summed E-state index contributed by atoms with van der Waals surface area (Å²) in [5, 5.41) is 3.24. The molecule has 3 heterocycles. The van der Waals surface area contributed by atoms with Gasteiger partial charge in [-0.25, -0.2) is 4.68 Å². The zero-order valence-corrected chi connectivity index (χ0v) is 20.1. The maximum absolute atomic E-state index is 13.9. The van der Waals surface area contributed by atoms with Gasteiger partial charge < -0.3 is 0 Å². The van der Waals surface area contributed by atoms with Gasteiger partial charge in [-0.05, 0) is 12.0 Å². The molecule has 0 saturated carbocycles. The molecule has 2 aromatic carbocycles. The summed E-state index contributed by atoms with van der Waals surface area (Å²) in [6, 6.07) is 24.5. The van der Waals surface area contributed by atoms with Crippen molar-refractivity contribution in [1.82, 2.24) is 14.7 Å². The third-order valence-corrected chi connectivity index (χ3v) is 6.30. The minimum atomic E-state index is -0.444. The maximum Gasteiger partial charge on any atom is 0.326 e. The highest BCUT2D eigenvalue weighted by Crippen LogP contribution is 2.33. The maximum atomic E-state index is 13.9. The van der Waals surface area contributed by atoms with Gasteiger partial charge in [0.2, 0.25) is 0 Å². The fourth-order valence-corrected chi connectivity index (χ4v) is 4.50. The zero-order chi connectivity index (χ0) is 25.1. The Morgan fingerprint density at radius 2 is 1.44 bits per heavy atom. The second-order valence-corrected chi connectivity index (χ2v) is 8.73. The number of benzene rings is 2. The molecule has 7 nitrogen and oxygen atoms in total. The van der Waals surface area contributed by atoms with E-state index in [1.54, 1.807) is 29.1 Å². The van der Waals surface area contributed by atoms with Crippen molar-refractivity contribution in [1.29, 1.82) is 0 Å². The minimum absolute atomic E-state index is 0.124. The average molecular weight is 480 g/mol. The first-order valence-electron chi connectivity index (χ1n) is 12.1. The first-order valence-corrected chi connectivity index (χ1v) is 12.1. The van der Waals surface area contributed by atoms with Crippen molar-refractivity contribution in [2.75, 3.05) is 6.54 Å². The van der Waals surface area contributed by atoms with E-state index in [1.807, 2.05) is 73.7 Å². The van der Waals surface area contributed by atoms with Crippen molar-refractivity contribution >= 4 is 23.1 Å². The number of nitrogens with zero attached hydrogens (tertiary/aromatic N) is 3. The Morgan fingerprint density at radius 3 is 2.11 bits per heavy atom. The van der Waals surface area contributed by atoms with Crippen LogP contribution in [-0.2, 0) is 16.1 Å². The largest absolute Gasteiger partial charge is 0.326 e. The van der Waals surface area contributed by atoms with Gasteiger partial charge >= 0.3 is 5.91 Å². The van der Waals surface area contributed by atoms with Crippen LogP contribution in [0.1, 0.15) is 30.9 Å². The van der Waals surface area contributed by atoms with E-state index >= 15 is 0 Å². The van der Waals surface area contributed by atoms with Crippen LogP contribution in [0.2, 0.25) is 0 Å². The van der Waals surface area contributed by atoms with Gasteiger partial charge in [0.1, 0.15) is 5.57 Å². The molecule has 1 aliphatic rings. The van der Waals surface area contributed by atoms with Crippen molar-refractivity contribution in [2.24, 2.45) is 0 Å². The topological polar surface area (TPSA) is 79.1 Å². The van der Waals surface area contributed by atoms with Crippen molar-refractivity contribution in [3.05, 3.63) is 113 Å². The smallest absolute Gasteiger partial charge is 0.294 e. The Balaban J connectivity index is 1.75. The van der Waals surface area contributed by atoms with Crippen LogP contribution < -0.4 is 10.1 Å². The Kier molecular flexibility index (Phi) is 6.45. The van der Waals surface area contributed by atoms with Crippen LogP contribution >= 0.6 is 0 Å². The molecule has 0 fully saturated rings. The standard InChI is InChI=1S/C29H26N4O3/c1-2-3-19-32-27(34)24(26(29(32)36)31-17-11-6-12-18-31)23-25(22-15-9-5-10-16-22)30-33(28(23)35)20-21-13-7-4-8-14-21/h4-18H,2-3,19-20H2,1H3/p+1. The Hall–Kier alpha value is -4.52. The fraction of sp³-hybridized carbons (Fsp3) is 0.172. The van der Waals surface area contributed by atoms with E-state index in [0.717, 1.165) is 17.5 Å². The van der Waals surface area contributed by atoms with Crippen LogP contribution in [0.4, 0.5) is 0 Å². The molecular weight excluding hydrogens is 452 g/mol. The molecule has 0 aliphatic carbocycles. The van der Waals surface area contributed by atoms with Crippen LogP contribution in [0.5, 0.6) is 0 Å². The highest BCUT2D eigenvalue weighted by atomic mass is 16.2. The Bertz CT molecular complexity index is 1490. The fourth-order valence-electron chi connectivity index (χ4n) is 4.50. The Labute approximate surface area is 208 Å². The van der Waals surface area contributed by atoms with Gasteiger partial charge in [-0.15, -0.1) is 0 Å². The van der Waals surface area contributed by atoms with E-state index < -0.39 is 11.8 Å². The minimum Gasteiger partial charge on any atom is -0.294 e. The molecule has 1 aliphatic heterocycles. The molecule has 4 aromatic rings. The lowest BCUT2D eigenvalue weighted by molar-refractivity contribution is -0.576. The molecule has 0 saturated heterocycles. The third-order valence-electron chi connectivity index (χ3n) is 6.30. The van der Waals surface area contributed by atoms with Gasteiger partial charge in [-0.1, -0.05) is 80.1 Å². The zero-order valence-electron chi connectivity index (χ0n) is 20.1. The summed E-state index contributed by atoms with van der Waals surface area (Å²) < 4.78 is 3.13. The van der Waals surface area contributed by atoms with Crippen molar-refractivity contribution < 1.29 is 14.2 Å². The number of pyridine rings is 1. The summed E-state index contributed by atoms with van der Waals surface area (Å²) >= 11 is 0. The van der Waals surface area contributed by atoms with E-state index in [0.29, 0.717) is 25.2 Å². The van der Waals surface area contributed by atoms with E-state index in [2.05, 4.69) is 5.10 Å². The average Bonchev–Trinajstić information content (AvgIpc) is 3.36. The molecule has 5 rings (SSSR count). The lowest BCUT2D eigenvalue weighted by Crippen LogP contribution is -2.39. The van der Waals surface area contributed by atoms with Crippen LogP contribution in [0.25, 0.3) is 22.5 Å². The van der Waals surface area contributed by atoms with Crippen molar-refractivity contribution in [2.45, 2.75) is 26.3 Å². The van der Waals surface area contributed by atoms with Gasteiger partial charge in [0.15, 0.2) is 12.4 Å². The number of carbonyl (C=O) groups excluding carboxylic acids is 2. The molecule has 180 valence electrons. The second kappa shape index (κ2) is 10.00. The molecule has 0 radical (unpaired) electrons. The van der Waals surface area contributed by atoms with E-state index in [-0.39, 0.29) is 22.4 Å². The number of H-pyrrole nitrogens is 1. The number of rotatable bonds is 8. The molecule has 1 N–H and O–H groups in total. The second-order valence-electron chi connectivity index (χ2n) is 8.73. The molecule has 0 unspecified atom stereocenters. The van der Waals surface area contributed by atoms with Gasteiger partial charge in [-0.3, -0.25) is 24.4 Å². The lowest BCUT2D eigenvalue weighted by Gasteiger charge is -2.12. The number of amides is 2. The molecule has 0 bridgehead atoms. The summed E-state index contributed by atoms with van der Waals surface area (Å²) in [6.07, 6.45) is 4.97. The molecule has 7 heteroatoms. The summed E-state index contributed by atoms with van der Waals surface area (Å²) in [5.41, 5.74) is 2.39.